The Labute approximate surface area is 274 Å². The van der Waals surface area contributed by atoms with Gasteiger partial charge in [0.25, 0.3) is 0 Å². The minimum absolute atomic E-state index is 0.0181. The number of anilines is 1. The number of nitrogens with zero attached hydrogens (tertiary/aromatic N) is 2. The molecule has 0 unspecified atom stereocenters. The van der Waals surface area contributed by atoms with Gasteiger partial charge in [-0.05, 0) is 86.8 Å². The smallest absolute Gasteiger partial charge is 0.410 e. The Bertz CT molecular complexity index is 1450. The van der Waals surface area contributed by atoms with Crippen molar-refractivity contribution in [2.45, 2.75) is 77.8 Å². The lowest BCUT2D eigenvalue weighted by Gasteiger charge is -2.40. The number of carbonyl (C=O) groups is 2. The van der Waals surface area contributed by atoms with Crippen LogP contribution in [-0.4, -0.2) is 62.6 Å². The number of halogens is 1. The van der Waals surface area contributed by atoms with E-state index in [1.54, 1.807) is 17.2 Å². The zero-order valence-corrected chi connectivity index (χ0v) is 29.8. The summed E-state index contributed by atoms with van der Waals surface area (Å²) >= 11 is 6.39. The van der Waals surface area contributed by atoms with Crippen LogP contribution in [-0.2, 0) is 13.9 Å². The standard InChI is InChI=1S/C35H48ClN3O5Si/c1-34(2,3)43-33(41)39(24-31(26-14-10-15-29(36)20-26)44-45(8,9)35(4,5)6)18-12-17-38-30-16-11-13-25(21-30)27-19-28(23-37-22-27)32(40)42-7/h10-11,13-16,19-23,31,38H,12,17-18,24H2,1-9H3/t31-/m1/s1. The number of esters is 1. The van der Waals surface area contributed by atoms with Gasteiger partial charge in [0, 0.05) is 41.8 Å². The minimum Gasteiger partial charge on any atom is -0.465 e. The lowest BCUT2D eigenvalue weighted by Crippen LogP contribution is -2.46. The van der Waals surface area contributed by atoms with Crippen LogP contribution in [0.5, 0.6) is 0 Å². The highest BCUT2D eigenvalue weighted by Gasteiger charge is 2.40. The van der Waals surface area contributed by atoms with Crippen molar-refractivity contribution in [3.63, 3.8) is 0 Å². The topological polar surface area (TPSA) is 90.0 Å². The summed E-state index contributed by atoms with van der Waals surface area (Å²) in [4.78, 5) is 31.4. The molecule has 0 aliphatic heterocycles. The molecule has 0 saturated heterocycles. The molecule has 0 bridgehead atoms. The van der Waals surface area contributed by atoms with Crippen LogP contribution in [0.25, 0.3) is 11.1 Å². The number of amides is 1. The van der Waals surface area contributed by atoms with E-state index in [-0.39, 0.29) is 17.2 Å². The summed E-state index contributed by atoms with van der Waals surface area (Å²) in [5, 5.41) is 4.07. The number of carbonyl (C=O) groups excluding carboxylic acids is 2. The van der Waals surface area contributed by atoms with Crippen LogP contribution in [0.1, 0.15) is 70.0 Å². The molecule has 1 atom stereocenters. The number of nitrogens with one attached hydrogen (secondary N) is 1. The van der Waals surface area contributed by atoms with E-state index >= 15 is 0 Å². The fraction of sp³-hybridized carbons (Fsp3) is 0.457. The molecule has 1 N–H and O–H groups in total. The minimum atomic E-state index is -2.21. The van der Waals surface area contributed by atoms with Gasteiger partial charge in [-0.1, -0.05) is 56.6 Å². The second-order valence-corrected chi connectivity index (χ2v) is 18.9. The number of benzene rings is 2. The Kier molecular flexibility index (Phi) is 12.2. The number of rotatable bonds is 12. The van der Waals surface area contributed by atoms with Gasteiger partial charge in [-0.15, -0.1) is 0 Å². The Morgan fingerprint density at radius 1 is 0.978 bits per heavy atom. The molecule has 2 aromatic carbocycles. The first-order valence-electron chi connectivity index (χ1n) is 15.3. The average Bonchev–Trinajstić information content (AvgIpc) is 2.96. The summed E-state index contributed by atoms with van der Waals surface area (Å²) in [7, 11) is -0.859. The van der Waals surface area contributed by atoms with Crippen LogP contribution in [0.2, 0.25) is 23.2 Å². The number of aromatic nitrogens is 1. The lowest BCUT2D eigenvalue weighted by molar-refractivity contribution is 0.0155. The first kappa shape index (κ1) is 36.1. The monoisotopic (exact) mass is 653 g/mol. The largest absolute Gasteiger partial charge is 0.465 e. The van der Waals surface area contributed by atoms with Gasteiger partial charge in [-0.25, -0.2) is 9.59 Å². The SMILES string of the molecule is COC(=O)c1cncc(-c2cccc(NCCCN(C[C@@H](O[Si](C)(C)C(C)(C)C)c3cccc(Cl)c3)C(=O)OC(C)(C)C)c2)c1. The molecular weight excluding hydrogens is 606 g/mol. The average molecular weight is 654 g/mol. The fourth-order valence-corrected chi connectivity index (χ4v) is 5.85. The predicted molar refractivity (Wildman–Crippen MR) is 184 cm³/mol. The van der Waals surface area contributed by atoms with Gasteiger partial charge in [-0.3, -0.25) is 4.98 Å². The maximum Gasteiger partial charge on any atom is 0.410 e. The van der Waals surface area contributed by atoms with E-state index in [4.69, 9.17) is 25.5 Å². The Morgan fingerprint density at radius 3 is 2.33 bits per heavy atom. The van der Waals surface area contributed by atoms with Crippen LogP contribution in [0.4, 0.5) is 10.5 Å². The summed E-state index contributed by atoms with van der Waals surface area (Å²) in [5.74, 6) is -0.430. The van der Waals surface area contributed by atoms with E-state index in [2.05, 4.69) is 44.2 Å². The van der Waals surface area contributed by atoms with Crippen LogP contribution in [0.3, 0.4) is 0 Å². The van der Waals surface area contributed by atoms with Crippen molar-refractivity contribution in [2.75, 3.05) is 32.1 Å². The molecule has 1 heterocycles. The van der Waals surface area contributed by atoms with E-state index in [1.165, 1.54) is 13.3 Å². The summed E-state index contributed by atoms with van der Waals surface area (Å²) in [6.07, 6.45) is 3.13. The molecule has 1 aromatic heterocycles. The molecule has 1 amide bonds. The normalized spacial score (nSPS) is 12.8. The van der Waals surface area contributed by atoms with Crippen molar-refractivity contribution in [3.05, 3.63) is 83.1 Å². The van der Waals surface area contributed by atoms with E-state index < -0.39 is 19.9 Å². The summed E-state index contributed by atoms with van der Waals surface area (Å²) in [6.45, 7) is 18.0. The number of pyridine rings is 1. The predicted octanol–water partition coefficient (Wildman–Crippen LogP) is 8.99. The van der Waals surface area contributed by atoms with Crippen molar-refractivity contribution in [1.29, 1.82) is 0 Å². The van der Waals surface area contributed by atoms with Crippen molar-refractivity contribution >= 4 is 37.7 Å². The molecule has 10 heteroatoms. The van der Waals surface area contributed by atoms with Crippen LogP contribution in [0, 0.1) is 0 Å². The zero-order chi connectivity index (χ0) is 33.4. The van der Waals surface area contributed by atoms with Gasteiger partial charge in [0.05, 0.1) is 25.3 Å². The van der Waals surface area contributed by atoms with E-state index in [0.29, 0.717) is 36.6 Å². The number of hydrogen-bond acceptors (Lipinski definition) is 7. The van der Waals surface area contributed by atoms with Gasteiger partial charge < -0.3 is 24.1 Å². The highest BCUT2D eigenvalue weighted by atomic mass is 35.5. The Balaban J connectivity index is 1.77. The second kappa shape index (κ2) is 15.3. The third-order valence-electron chi connectivity index (χ3n) is 7.79. The fourth-order valence-electron chi connectivity index (χ4n) is 4.37. The van der Waals surface area contributed by atoms with Crippen LogP contribution < -0.4 is 5.32 Å². The highest BCUT2D eigenvalue weighted by molar-refractivity contribution is 6.74. The molecule has 0 radical (unpaired) electrons. The van der Waals surface area contributed by atoms with E-state index in [1.807, 2.05) is 69.3 Å². The van der Waals surface area contributed by atoms with Gasteiger partial charge in [-0.2, -0.15) is 0 Å². The quantitative estimate of drug-likeness (QED) is 0.118. The second-order valence-electron chi connectivity index (χ2n) is 13.7. The number of ether oxygens (including phenoxy) is 2. The van der Waals surface area contributed by atoms with Crippen molar-refractivity contribution < 1.29 is 23.5 Å². The lowest BCUT2D eigenvalue weighted by atomic mass is 10.1. The number of hydrogen-bond donors (Lipinski definition) is 1. The summed E-state index contributed by atoms with van der Waals surface area (Å²) in [5.41, 5.74) is 3.33. The molecule has 0 aliphatic carbocycles. The molecule has 45 heavy (non-hydrogen) atoms. The maximum absolute atomic E-state index is 13.5. The van der Waals surface area contributed by atoms with Gasteiger partial charge in [0.15, 0.2) is 8.32 Å². The van der Waals surface area contributed by atoms with E-state index in [9.17, 15) is 9.59 Å². The molecule has 0 spiro atoms. The van der Waals surface area contributed by atoms with Crippen LogP contribution >= 0.6 is 11.6 Å². The van der Waals surface area contributed by atoms with Gasteiger partial charge in [0.2, 0.25) is 0 Å². The Morgan fingerprint density at radius 2 is 1.69 bits per heavy atom. The molecule has 0 saturated carbocycles. The number of methoxy groups -OCH3 is 1. The molecular formula is C35H48ClN3O5Si. The zero-order valence-electron chi connectivity index (χ0n) is 28.1. The third-order valence-corrected chi connectivity index (χ3v) is 12.5. The van der Waals surface area contributed by atoms with E-state index in [0.717, 1.165) is 22.4 Å². The maximum atomic E-state index is 13.5. The first-order valence-corrected chi connectivity index (χ1v) is 18.6. The molecule has 0 fully saturated rings. The molecule has 3 aromatic rings. The molecule has 0 aliphatic rings. The summed E-state index contributed by atoms with van der Waals surface area (Å²) < 4.78 is 17.6. The first-order chi connectivity index (χ1) is 21.0. The van der Waals surface area contributed by atoms with Crippen LogP contribution in [0.15, 0.2) is 67.0 Å². The van der Waals surface area contributed by atoms with Crippen molar-refractivity contribution in [2.24, 2.45) is 0 Å². The third kappa shape index (κ3) is 10.9. The van der Waals surface area contributed by atoms with Crippen molar-refractivity contribution in [3.8, 4) is 11.1 Å². The van der Waals surface area contributed by atoms with Crippen molar-refractivity contribution in [1.82, 2.24) is 9.88 Å². The summed E-state index contributed by atoms with van der Waals surface area (Å²) in [6, 6.07) is 17.3. The molecule has 244 valence electrons. The Hall–Kier alpha value is -3.40. The van der Waals surface area contributed by atoms with Gasteiger partial charge in [0.1, 0.15) is 5.60 Å². The molecule has 3 rings (SSSR count). The molecule has 8 nitrogen and oxygen atoms in total. The van der Waals surface area contributed by atoms with Gasteiger partial charge >= 0.3 is 12.1 Å². The highest BCUT2D eigenvalue weighted by Crippen LogP contribution is 2.40.